The van der Waals surface area contributed by atoms with E-state index in [0.29, 0.717) is 16.2 Å². The van der Waals surface area contributed by atoms with E-state index in [1.165, 1.54) is 0 Å². The van der Waals surface area contributed by atoms with Crippen LogP contribution in [0.3, 0.4) is 0 Å². The molecule has 86 valence electrons. The van der Waals surface area contributed by atoms with Gasteiger partial charge in [0.15, 0.2) is 5.78 Å². The van der Waals surface area contributed by atoms with Gasteiger partial charge in [-0.15, -0.1) is 9.24 Å². The summed E-state index contributed by atoms with van der Waals surface area (Å²) in [6, 6.07) is 5.37. The quantitative estimate of drug-likeness (QED) is 0.470. The van der Waals surface area contributed by atoms with Crippen LogP contribution in [0.5, 0.6) is 0 Å². The van der Waals surface area contributed by atoms with Crippen molar-refractivity contribution in [2.45, 2.75) is 6.92 Å². The fraction of sp³-hybridized carbons (Fsp3) is 0.250. The maximum atomic E-state index is 12.1. The minimum atomic E-state index is -0.0389. The Labute approximate surface area is 103 Å². The molecule has 1 atom stereocenters. The standard InChI is InChI=1S/C12H15ClNOP/c1-8(7-14(2)3)12(15)10-6-9(16)4-5-11(10)13/h4-7H,16H2,1-3H3/b8-7+. The Hall–Kier alpha value is -0.850. The average Bonchev–Trinajstić information content (AvgIpc) is 2.19. The Bertz CT molecular complexity index is 441. The maximum Gasteiger partial charge on any atom is 0.191 e. The van der Waals surface area contributed by atoms with Crippen molar-refractivity contribution in [2.24, 2.45) is 0 Å². The van der Waals surface area contributed by atoms with Crippen LogP contribution >= 0.6 is 20.8 Å². The zero-order valence-electron chi connectivity index (χ0n) is 9.62. The minimum Gasteiger partial charge on any atom is -0.383 e. The summed E-state index contributed by atoms with van der Waals surface area (Å²) < 4.78 is 0. The molecule has 0 aliphatic carbocycles. The third-order valence-electron chi connectivity index (χ3n) is 2.05. The average molecular weight is 256 g/mol. The first-order valence-electron chi connectivity index (χ1n) is 4.86. The number of halogens is 1. The molecule has 0 saturated carbocycles. The van der Waals surface area contributed by atoms with E-state index in [0.717, 1.165) is 5.30 Å². The summed E-state index contributed by atoms with van der Waals surface area (Å²) in [6.45, 7) is 1.79. The Balaban J connectivity index is 3.10. The van der Waals surface area contributed by atoms with E-state index < -0.39 is 0 Å². The van der Waals surface area contributed by atoms with Crippen LogP contribution in [0.15, 0.2) is 30.0 Å². The zero-order valence-corrected chi connectivity index (χ0v) is 11.5. The zero-order chi connectivity index (χ0) is 12.3. The smallest absolute Gasteiger partial charge is 0.191 e. The fourth-order valence-corrected chi connectivity index (χ4v) is 1.84. The summed E-state index contributed by atoms with van der Waals surface area (Å²) in [6.07, 6.45) is 1.79. The van der Waals surface area contributed by atoms with Gasteiger partial charge >= 0.3 is 0 Å². The predicted molar refractivity (Wildman–Crippen MR) is 72.6 cm³/mol. The lowest BCUT2D eigenvalue weighted by Crippen LogP contribution is -2.09. The van der Waals surface area contributed by atoms with Gasteiger partial charge in [0, 0.05) is 31.4 Å². The largest absolute Gasteiger partial charge is 0.383 e. The third kappa shape index (κ3) is 3.33. The van der Waals surface area contributed by atoms with Crippen molar-refractivity contribution in [1.29, 1.82) is 0 Å². The van der Waals surface area contributed by atoms with E-state index in [-0.39, 0.29) is 5.78 Å². The summed E-state index contributed by atoms with van der Waals surface area (Å²) in [5.74, 6) is -0.0389. The predicted octanol–water partition coefficient (Wildman–Crippen LogP) is 2.49. The summed E-state index contributed by atoms with van der Waals surface area (Å²) in [7, 11) is 6.32. The first kappa shape index (κ1) is 13.2. The molecule has 4 heteroatoms. The Morgan fingerprint density at radius 3 is 2.62 bits per heavy atom. The molecule has 0 N–H and O–H groups in total. The lowest BCUT2D eigenvalue weighted by atomic mass is 10.1. The monoisotopic (exact) mass is 255 g/mol. The number of nitrogens with zero attached hydrogens (tertiary/aromatic N) is 1. The van der Waals surface area contributed by atoms with Gasteiger partial charge in [-0.25, -0.2) is 0 Å². The van der Waals surface area contributed by atoms with Gasteiger partial charge in [-0.3, -0.25) is 4.79 Å². The lowest BCUT2D eigenvalue weighted by Gasteiger charge is -2.09. The molecule has 0 heterocycles. The number of Topliss-reactive ketones (excluding diaryl/α,β-unsaturated/α-hetero) is 1. The number of carbonyl (C=O) groups is 1. The van der Waals surface area contributed by atoms with Gasteiger partial charge in [0.25, 0.3) is 0 Å². The Morgan fingerprint density at radius 2 is 2.06 bits per heavy atom. The van der Waals surface area contributed by atoms with Gasteiger partial charge in [-0.2, -0.15) is 0 Å². The van der Waals surface area contributed by atoms with Crippen molar-refractivity contribution in [3.8, 4) is 0 Å². The summed E-state index contributed by atoms with van der Waals surface area (Å²) in [5, 5.41) is 1.44. The van der Waals surface area contributed by atoms with Gasteiger partial charge in [0.2, 0.25) is 0 Å². The Kier molecular flexibility index (Phi) is 4.52. The molecule has 1 aromatic rings. The number of hydrogen-bond acceptors (Lipinski definition) is 2. The number of benzene rings is 1. The SMILES string of the molecule is C/C(=C\N(C)C)C(=O)c1cc(P)ccc1Cl. The second-order valence-corrected chi connectivity index (χ2v) is 4.92. The Morgan fingerprint density at radius 1 is 1.44 bits per heavy atom. The highest BCUT2D eigenvalue weighted by Gasteiger charge is 2.12. The normalized spacial score (nSPS) is 11.4. The van der Waals surface area contributed by atoms with Crippen molar-refractivity contribution in [2.75, 3.05) is 14.1 Å². The van der Waals surface area contributed by atoms with Gasteiger partial charge < -0.3 is 4.90 Å². The van der Waals surface area contributed by atoms with Crippen LogP contribution < -0.4 is 5.30 Å². The van der Waals surface area contributed by atoms with E-state index in [1.54, 1.807) is 25.3 Å². The van der Waals surface area contributed by atoms with Crippen molar-refractivity contribution >= 4 is 31.9 Å². The van der Waals surface area contributed by atoms with E-state index in [9.17, 15) is 4.79 Å². The maximum absolute atomic E-state index is 12.1. The molecule has 0 fully saturated rings. The van der Waals surface area contributed by atoms with Gasteiger partial charge in [0.05, 0.1) is 5.02 Å². The molecule has 0 aliphatic heterocycles. The number of allylic oxidation sites excluding steroid dienone is 1. The second kappa shape index (κ2) is 5.47. The molecule has 1 aromatic carbocycles. The number of ketones is 1. The molecule has 16 heavy (non-hydrogen) atoms. The van der Waals surface area contributed by atoms with Gasteiger partial charge in [-0.05, 0) is 24.4 Å². The van der Waals surface area contributed by atoms with Crippen LogP contribution in [0.4, 0.5) is 0 Å². The van der Waals surface area contributed by atoms with Gasteiger partial charge in [0.1, 0.15) is 0 Å². The second-order valence-electron chi connectivity index (χ2n) is 3.84. The highest BCUT2D eigenvalue weighted by atomic mass is 35.5. The van der Waals surface area contributed by atoms with E-state index in [4.69, 9.17) is 11.6 Å². The number of rotatable bonds is 3. The minimum absolute atomic E-state index is 0.0389. The van der Waals surface area contributed by atoms with Crippen LogP contribution in [0, 0.1) is 0 Å². The molecule has 0 bridgehead atoms. The molecule has 1 rings (SSSR count). The molecular weight excluding hydrogens is 241 g/mol. The molecule has 0 spiro atoms. The molecule has 0 amide bonds. The molecular formula is C12H15ClNOP. The van der Waals surface area contributed by atoms with Crippen molar-refractivity contribution in [1.82, 2.24) is 4.90 Å². The van der Waals surface area contributed by atoms with Crippen LogP contribution in [0.1, 0.15) is 17.3 Å². The molecule has 0 aliphatic rings. The lowest BCUT2D eigenvalue weighted by molar-refractivity contribution is 0.103. The van der Waals surface area contributed by atoms with Crippen molar-refractivity contribution < 1.29 is 4.79 Å². The van der Waals surface area contributed by atoms with E-state index >= 15 is 0 Å². The molecule has 0 saturated heterocycles. The first-order valence-corrected chi connectivity index (χ1v) is 5.82. The van der Waals surface area contributed by atoms with Gasteiger partial charge in [-0.1, -0.05) is 17.7 Å². The number of carbonyl (C=O) groups excluding carboxylic acids is 1. The van der Waals surface area contributed by atoms with Crippen LogP contribution in [-0.4, -0.2) is 24.8 Å². The highest BCUT2D eigenvalue weighted by molar-refractivity contribution is 7.27. The fourth-order valence-electron chi connectivity index (χ4n) is 1.38. The van der Waals surface area contributed by atoms with E-state index in [1.807, 2.05) is 25.1 Å². The summed E-state index contributed by atoms with van der Waals surface area (Å²) in [5.41, 5.74) is 1.22. The first-order chi connectivity index (χ1) is 7.41. The molecule has 1 unspecified atom stereocenters. The van der Waals surface area contributed by atoms with Crippen LogP contribution in [0.25, 0.3) is 0 Å². The summed E-state index contributed by atoms with van der Waals surface area (Å²) in [4.78, 5) is 13.9. The molecule has 0 radical (unpaired) electrons. The van der Waals surface area contributed by atoms with Crippen molar-refractivity contribution in [3.05, 3.63) is 40.6 Å². The van der Waals surface area contributed by atoms with E-state index in [2.05, 4.69) is 9.24 Å². The molecule has 2 nitrogen and oxygen atoms in total. The molecule has 0 aromatic heterocycles. The third-order valence-corrected chi connectivity index (χ3v) is 2.73. The summed E-state index contributed by atoms with van der Waals surface area (Å²) >= 11 is 6.00. The van der Waals surface area contributed by atoms with Crippen LogP contribution in [-0.2, 0) is 0 Å². The topological polar surface area (TPSA) is 20.3 Å². The highest BCUT2D eigenvalue weighted by Crippen LogP contribution is 2.18. The number of hydrogen-bond donors (Lipinski definition) is 0. The van der Waals surface area contributed by atoms with Crippen molar-refractivity contribution in [3.63, 3.8) is 0 Å². The van der Waals surface area contributed by atoms with Crippen LogP contribution in [0.2, 0.25) is 5.02 Å².